The van der Waals surface area contributed by atoms with Crippen LogP contribution in [0.5, 0.6) is 0 Å². The first-order chi connectivity index (χ1) is 12.8. The third kappa shape index (κ3) is 3.54. The van der Waals surface area contributed by atoms with Crippen LogP contribution in [0.1, 0.15) is 62.5 Å². The van der Waals surface area contributed by atoms with Crippen molar-refractivity contribution >= 4 is 21.9 Å². The van der Waals surface area contributed by atoms with Gasteiger partial charge in [-0.1, -0.05) is 6.42 Å². The fourth-order valence-corrected chi connectivity index (χ4v) is 5.64. The number of nitrogens with zero attached hydrogens (tertiary/aromatic N) is 4. The minimum atomic E-state index is -3.33. The molecule has 0 unspecified atom stereocenters. The van der Waals surface area contributed by atoms with E-state index in [0.29, 0.717) is 36.8 Å². The van der Waals surface area contributed by atoms with Crippen LogP contribution in [0.25, 0.3) is 0 Å². The minimum absolute atomic E-state index is 0.368. The summed E-state index contributed by atoms with van der Waals surface area (Å²) < 4.78 is 31.4. The molecule has 1 spiro atoms. The lowest BCUT2D eigenvalue weighted by molar-refractivity contribution is 0.0260. The van der Waals surface area contributed by atoms with Crippen LogP contribution >= 0.6 is 0 Å². The van der Waals surface area contributed by atoms with Gasteiger partial charge in [-0.15, -0.1) is 0 Å². The zero-order valence-electron chi connectivity index (χ0n) is 15.8. The average molecular weight is 394 g/mol. The number of rotatable bonds is 3. The lowest BCUT2D eigenvalue weighted by atomic mass is 9.85. The van der Waals surface area contributed by atoms with Crippen molar-refractivity contribution in [1.29, 1.82) is 0 Å². The molecule has 1 atom stereocenters. The fourth-order valence-electron chi connectivity index (χ4n) is 4.51. The van der Waals surface area contributed by atoms with Crippen molar-refractivity contribution in [1.82, 2.24) is 14.3 Å². The maximum atomic E-state index is 12.6. The van der Waals surface area contributed by atoms with Crippen molar-refractivity contribution in [2.45, 2.75) is 63.5 Å². The Morgan fingerprint density at radius 3 is 2.63 bits per heavy atom. The van der Waals surface area contributed by atoms with Gasteiger partial charge in [0.05, 0.1) is 18.8 Å². The Morgan fingerprint density at radius 2 is 1.93 bits per heavy atom. The smallest absolute Gasteiger partial charge is 0.416 e. The van der Waals surface area contributed by atoms with Gasteiger partial charge in [0.2, 0.25) is 10.0 Å². The van der Waals surface area contributed by atoms with E-state index < -0.39 is 15.6 Å². The molecule has 9 heteroatoms. The van der Waals surface area contributed by atoms with Crippen molar-refractivity contribution in [2.24, 2.45) is 0 Å². The predicted molar refractivity (Wildman–Crippen MR) is 99.9 cm³/mol. The first kappa shape index (κ1) is 18.6. The summed E-state index contributed by atoms with van der Waals surface area (Å²) >= 11 is 0. The second kappa shape index (κ2) is 6.70. The van der Waals surface area contributed by atoms with Crippen LogP contribution in [-0.4, -0.2) is 53.7 Å². The number of hydrogen-bond donors (Lipinski definition) is 0. The highest BCUT2D eigenvalue weighted by Crippen LogP contribution is 2.39. The van der Waals surface area contributed by atoms with Gasteiger partial charge in [0, 0.05) is 18.3 Å². The molecule has 8 nitrogen and oxygen atoms in total. The molecular formula is C18H26N4O4S. The van der Waals surface area contributed by atoms with Crippen molar-refractivity contribution in [2.75, 3.05) is 24.2 Å². The average Bonchev–Trinajstić information content (AvgIpc) is 3.20. The summed E-state index contributed by atoms with van der Waals surface area (Å²) in [6.07, 6.45) is 7.40. The summed E-state index contributed by atoms with van der Waals surface area (Å²) in [4.78, 5) is 23.2. The van der Waals surface area contributed by atoms with E-state index in [0.717, 1.165) is 32.1 Å². The molecule has 3 heterocycles. The molecule has 2 saturated heterocycles. The number of hydrogen-bond acceptors (Lipinski definition) is 6. The van der Waals surface area contributed by atoms with Gasteiger partial charge in [0.1, 0.15) is 17.2 Å². The number of aryl methyl sites for hydroxylation is 1. The van der Waals surface area contributed by atoms with Gasteiger partial charge in [-0.25, -0.2) is 23.2 Å². The predicted octanol–water partition coefficient (Wildman–Crippen LogP) is 2.54. The Morgan fingerprint density at radius 1 is 1.19 bits per heavy atom. The summed E-state index contributed by atoms with van der Waals surface area (Å²) in [5.74, 6) is 0.968. The monoisotopic (exact) mass is 394 g/mol. The van der Waals surface area contributed by atoms with E-state index in [4.69, 9.17) is 4.74 Å². The third-order valence-corrected chi connectivity index (χ3v) is 7.09. The molecule has 0 radical (unpaired) electrons. The summed E-state index contributed by atoms with van der Waals surface area (Å²) in [5.41, 5.74) is 0.313. The quantitative estimate of drug-likeness (QED) is 0.782. The second-order valence-corrected chi connectivity index (χ2v) is 9.89. The molecule has 0 N–H and O–H groups in total. The van der Waals surface area contributed by atoms with E-state index >= 15 is 0 Å². The standard InChI is InChI=1S/C18H26N4O4S/c1-13-11-15(21-12-18(26-17(21)23)8-4-3-5-9-18)20-16(19-13)14-7-6-10-22(14)27(2,24)25/h11,14H,3-10,12H2,1-2H3/t14-/m1/s1. The van der Waals surface area contributed by atoms with Gasteiger partial charge >= 0.3 is 6.09 Å². The zero-order chi connectivity index (χ0) is 19.2. The zero-order valence-corrected chi connectivity index (χ0v) is 16.7. The van der Waals surface area contributed by atoms with Gasteiger partial charge in [0.25, 0.3) is 0 Å². The molecular weight excluding hydrogens is 368 g/mol. The summed E-state index contributed by atoms with van der Waals surface area (Å²) in [5, 5.41) is 0. The highest BCUT2D eigenvalue weighted by molar-refractivity contribution is 7.88. The lowest BCUT2D eigenvalue weighted by Gasteiger charge is -2.30. The van der Waals surface area contributed by atoms with Crippen LogP contribution in [0, 0.1) is 6.92 Å². The number of carbonyl (C=O) groups is 1. The fraction of sp³-hybridized carbons (Fsp3) is 0.722. The molecule has 0 aromatic carbocycles. The molecule has 1 aromatic rings. The van der Waals surface area contributed by atoms with Crippen LogP contribution in [0.2, 0.25) is 0 Å². The van der Waals surface area contributed by atoms with Crippen LogP contribution in [0.3, 0.4) is 0 Å². The molecule has 27 heavy (non-hydrogen) atoms. The Bertz CT molecular complexity index is 851. The van der Waals surface area contributed by atoms with Crippen LogP contribution < -0.4 is 4.90 Å². The lowest BCUT2D eigenvalue weighted by Crippen LogP contribution is -2.37. The van der Waals surface area contributed by atoms with Crippen molar-refractivity contribution in [3.05, 3.63) is 17.6 Å². The van der Waals surface area contributed by atoms with E-state index in [1.54, 1.807) is 11.0 Å². The summed E-state index contributed by atoms with van der Waals surface area (Å²) in [6.45, 7) is 2.82. The Balaban J connectivity index is 1.64. The number of aromatic nitrogens is 2. The number of anilines is 1. The largest absolute Gasteiger partial charge is 0.441 e. The molecule has 1 amide bonds. The van der Waals surface area contributed by atoms with Gasteiger partial charge in [-0.2, -0.15) is 4.31 Å². The molecule has 4 rings (SSSR count). The minimum Gasteiger partial charge on any atom is -0.441 e. The molecule has 1 aromatic heterocycles. The van der Waals surface area contributed by atoms with Crippen LogP contribution in [-0.2, 0) is 14.8 Å². The summed E-state index contributed by atoms with van der Waals surface area (Å²) in [7, 11) is -3.33. The number of amides is 1. The third-order valence-electron chi connectivity index (χ3n) is 5.80. The van der Waals surface area contributed by atoms with Gasteiger partial charge < -0.3 is 4.74 Å². The Labute approximate surface area is 160 Å². The van der Waals surface area contributed by atoms with Crippen molar-refractivity contribution in [3.63, 3.8) is 0 Å². The van der Waals surface area contributed by atoms with E-state index in [9.17, 15) is 13.2 Å². The first-order valence-corrected chi connectivity index (χ1v) is 11.5. The van der Waals surface area contributed by atoms with Gasteiger partial charge in [-0.05, 0) is 45.4 Å². The van der Waals surface area contributed by atoms with Crippen molar-refractivity contribution in [3.8, 4) is 0 Å². The Kier molecular flexibility index (Phi) is 4.62. The molecule has 1 saturated carbocycles. The van der Waals surface area contributed by atoms with E-state index in [1.807, 2.05) is 6.92 Å². The van der Waals surface area contributed by atoms with Crippen LogP contribution in [0.15, 0.2) is 6.07 Å². The number of carbonyl (C=O) groups excluding carboxylic acids is 1. The molecule has 1 aliphatic carbocycles. The van der Waals surface area contributed by atoms with Gasteiger partial charge in [0.15, 0.2) is 0 Å². The normalized spacial score (nSPS) is 25.9. The van der Waals surface area contributed by atoms with E-state index in [1.165, 1.54) is 17.0 Å². The maximum Gasteiger partial charge on any atom is 0.416 e. The highest BCUT2D eigenvalue weighted by atomic mass is 32.2. The molecule has 148 valence electrons. The van der Waals surface area contributed by atoms with E-state index in [-0.39, 0.29) is 12.1 Å². The van der Waals surface area contributed by atoms with Crippen LogP contribution in [0.4, 0.5) is 10.6 Å². The number of ether oxygens (including phenoxy) is 1. The first-order valence-electron chi connectivity index (χ1n) is 9.60. The summed E-state index contributed by atoms with van der Waals surface area (Å²) in [6, 6.07) is 1.40. The molecule has 2 aliphatic heterocycles. The maximum absolute atomic E-state index is 12.6. The number of sulfonamides is 1. The second-order valence-electron chi connectivity index (χ2n) is 7.96. The van der Waals surface area contributed by atoms with E-state index in [2.05, 4.69) is 9.97 Å². The Hall–Kier alpha value is -1.74. The molecule has 0 bridgehead atoms. The highest BCUT2D eigenvalue weighted by Gasteiger charge is 2.47. The topological polar surface area (TPSA) is 92.7 Å². The molecule has 3 aliphatic rings. The molecule has 3 fully saturated rings. The SMILES string of the molecule is Cc1cc(N2CC3(CCCCC3)OC2=O)nc([C@H]2CCCN2S(C)(=O)=O)n1. The van der Waals surface area contributed by atoms with Crippen molar-refractivity contribution < 1.29 is 17.9 Å². The van der Waals surface area contributed by atoms with Gasteiger partial charge in [-0.3, -0.25) is 4.90 Å².